The van der Waals surface area contributed by atoms with Crippen molar-refractivity contribution in [1.29, 1.82) is 0 Å². The number of hydrogen-bond acceptors (Lipinski definition) is 3. The van der Waals surface area contributed by atoms with Crippen LogP contribution in [0.3, 0.4) is 0 Å². The van der Waals surface area contributed by atoms with Crippen molar-refractivity contribution in [2.45, 2.75) is 12.5 Å². The molecule has 0 bridgehead atoms. The van der Waals surface area contributed by atoms with Crippen LogP contribution in [0, 0.1) is 0 Å². The van der Waals surface area contributed by atoms with E-state index in [1.807, 2.05) is 6.07 Å². The molecular formula is C9H9Cl2N3S. The number of aromatic amines is 1. The van der Waals surface area contributed by atoms with Gasteiger partial charge in [-0.05, 0) is 6.07 Å². The largest absolute Gasteiger partial charge is 0.349 e. The van der Waals surface area contributed by atoms with Crippen molar-refractivity contribution in [3.8, 4) is 0 Å². The molecule has 3 nitrogen and oxygen atoms in total. The molecule has 2 rings (SSSR count). The van der Waals surface area contributed by atoms with Gasteiger partial charge in [-0.1, -0.05) is 23.2 Å². The highest BCUT2D eigenvalue weighted by Crippen LogP contribution is 2.34. The van der Waals surface area contributed by atoms with Gasteiger partial charge in [-0.25, -0.2) is 4.98 Å². The summed E-state index contributed by atoms with van der Waals surface area (Å²) in [5.74, 6) is 0.848. The van der Waals surface area contributed by atoms with Crippen LogP contribution in [0.1, 0.15) is 17.4 Å². The lowest BCUT2D eigenvalue weighted by molar-refractivity contribution is 0.697. The predicted octanol–water partition coefficient (Wildman–Crippen LogP) is 3.02. The second-order valence-corrected chi connectivity index (χ2v) is 5.41. The number of thiophene rings is 1. The zero-order valence-electron chi connectivity index (χ0n) is 7.71. The molecule has 0 spiro atoms. The van der Waals surface area contributed by atoms with Crippen LogP contribution in [0.2, 0.25) is 8.67 Å². The third-order valence-electron chi connectivity index (χ3n) is 2.05. The van der Waals surface area contributed by atoms with E-state index in [4.69, 9.17) is 28.9 Å². The van der Waals surface area contributed by atoms with Crippen molar-refractivity contribution in [1.82, 2.24) is 9.97 Å². The van der Waals surface area contributed by atoms with Gasteiger partial charge < -0.3 is 10.7 Å². The second kappa shape index (κ2) is 4.53. The monoisotopic (exact) mass is 261 g/mol. The van der Waals surface area contributed by atoms with Gasteiger partial charge in [0.2, 0.25) is 0 Å². The maximum Gasteiger partial charge on any atom is 0.107 e. The molecule has 0 saturated heterocycles. The lowest BCUT2D eigenvalue weighted by Crippen LogP contribution is -2.13. The summed E-state index contributed by atoms with van der Waals surface area (Å²) in [5, 5.41) is 0. The standard InChI is InChI=1S/C9H9Cl2N3S/c10-7-3-5(9(11)15-7)6(12)4-8-13-1-2-14-8/h1-3,6H,4,12H2,(H,13,14). The highest BCUT2D eigenvalue weighted by molar-refractivity contribution is 7.20. The van der Waals surface area contributed by atoms with E-state index in [-0.39, 0.29) is 6.04 Å². The van der Waals surface area contributed by atoms with Gasteiger partial charge in [0.05, 0.1) is 8.67 Å². The molecule has 1 atom stereocenters. The fourth-order valence-corrected chi connectivity index (χ4v) is 2.93. The predicted molar refractivity (Wildman–Crippen MR) is 63.6 cm³/mol. The molecule has 0 aliphatic rings. The van der Waals surface area contributed by atoms with Crippen LogP contribution >= 0.6 is 34.5 Å². The summed E-state index contributed by atoms with van der Waals surface area (Å²) in [5.41, 5.74) is 6.88. The Morgan fingerprint density at radius 2 is 2.33 bits per heavy atom. The first-order valence-corrected chi connectivity index (χ1v) is 5.92. The summed E-state index contributed by atoms with van der Waals surface area (Å²) >= 11 is 13.2. The molecule has 0 aromatic carbocycles. The maximum atomic E-state index is 6.00. The molecule has 15 heavy (non-hydrogen) atoms. The van der Waals surface area contributed by atoms with E-state index in [9.17, 15) is 0 Å². The maximum absolute atomic E-state index is 6.00. The molecule has 2 aromatic heterocycles. The van der Waals surface area contributed by atoms with E-state index in [0.29, 0.717) is 15.1 Å². The Bertz CT molecular complexity index is 438. The first-order chi connectivity index (χ1) is 7.16. The lowest BCUT2D eigenvalue weighted by atomic mass is 10.1. The van der Waals surface area contributed by atoms with E-state index in [2.05, 4.69) is 9.97 Å². The number of imidazole rings is 1. The third kappa shape index (κ3) is 2.52. The van der Waals surface area contributed by atoms with E-state index in [1.165, 1.54) is 11.3 Å². The van der Waals surface area contributed by atoms with Crippen LogP contribution in [0.25, 0.3) is 0 Å². The molecule has 3 N–H and O–H groups in total. The van der Waals surface area contributed by atoms with Gasteiger partial charge in [-0.15, -0.1) is 11.3 Å². The number of hydrogen-bond donors (Lipinski definition) is 2. The SMILES string of the molecule is NC(Cc1ncc[nH]1)c1cc(Cl)sc1Cl. The molecule has 0 amide bonds. The van der Waals surface area contributed by atoms with Gasteiger partial charge in [0, 0.05) is 30.4 Å². The number of nitrogens with two attached hydrogens (primary N) is 1. The zero-order chi connectivity index (χ0) is 10.8. The molecule has 0 saturated carbocycles. The number of nitrogens with zero attached hydrogens (tertiary/aromatic N) is 1. The summed E-state index contributed by atoms with van der Waals surface area (Å²) in [6, 6.07) is 1.63. The van der Waals surface area contributed by atoms with Crippen LogP contribution in [0.15, 0.2) is 18.5 Å². The Balaban J connectivity index is 2.14. The number of aromatic nitrogens is 2. The molecule has 2 aromatic rings. The van der Waals surface area contributed by atoms with Crippen LogP contribution in [-0.4, -0.2) is 9.97 Å². The highest BCUT2D eigenvalue weighted by atomic mass is 35.5. The lowest BCUT2D eigenvalue weighted by Gasteiger charge is -2.08. The quantitative estimate of drug-likeness (QED) is 0.893. The topological polar surface area (TPSA) is 54.7 Å². The zero-order valence-corrected chi connectivity index (χ0v) is 10.0. The molecule has 2 heterocycles. The number of halogens is 2. The normalized spacial score (nSPS) is 13.0. The van der Waals surface area contributed by atoms with Crippen LogP contribution in [0.4, 0.5) is 0 Å². The molecule has 1 unspecified atom stereocenters. The average Bonchev–Trinajstić information content (AvgIpc) is 2.75. The van der Waals surface area contributed by atoms with Crippen LogP contribution < -0.4 is 5.73 Å². The van der Waals surface area contributed by atoms with Gasteiger partial charge >= 0.3 is 0 Å². The fourth-order valence-electron chi connectivity index (χ4n) is 1.33. The molecular weight excluding hydrogens is 253 g/mol. The van der Waals surface area contributed by atoms with E-state index >= 15 is 0 Å². The van der Waals surface area contributed by atoms with Crippen molar-refractivity contribution < 1.29 is 0 Å². The Kier molecular flexibility index (Phi) is 3.31. The van der Waals surface area contributed by atoms with Gasteiger partial charge in [-0.2, -0.15) is 0 Å². The fraction of sp³-hybridized carbons (Fsp3) is 0.222. The molecule has 0 radical (unpaired) electrons. The Morgan fingerprint density at radius 3 is 2.87 bits per heavy atom. The second-order valence-electron chi connectivity index (χ2n) is 3.13. The molecule has 0 aliphatic heterocycles. The molecule has 0 aliphatic carbocycles. The first-order valence-electron chi connectivity index (χ1n) is 4.35. The van der Waals surface area contributed by atoms with Crippen molar-refractivity contribution in [2.75, 3.05) is 0 Å². The van der Waals surface area contributed by atoms with Gasteiger partial charge in [0.15, 0.2) is 0 Å². The summed E-state index contributed by atoms with van der Waals surface area (Å²) in [6.07, 6.45) is 4.09. The minimum absolute atomic E-state index is 0.174. The average molecular weight is 262 g/mol. The van der Waals surface area contributed by atoms with Crippen LogP contribution in [0.5, 0.6) is 0 Å². The highest BCUT2D eigenvalue weighted by Gasteiger charge is 2.15. The number of rotatable bonds is 3. The summed E-state index contributed by atoms with van der Waals surface area (Å²) in [4.78, 5) is 7.11. The van der Waals surface area contributed by atoms with Crippen molar-refractivity contribution in [3.05, 3.63) is 38.5 Å². The van der Waals surface area contributed by atoms with Gasteiger partial charge in [0.1, 0.15) is 5.82 Å². The van der Waals surface area contributed by atoms with Crippen LogP contribution in [-0.2, 0) is 6.42 Å². The third-order valence-corrected chi connectivity index (χ3v) is 3.57. The molecule has 0 fully saturated rings. The number of nitrogens with one attached hydrogen (secondary N) is 1. The molecule has 80 valence electrons. The van der Waals surface area contributed by atoms with E-state index < -0.39 is 0 Å². The Hall–Kier alpha value is -0.550. The number of H-pyrrole nitrogens is 1. The summed E-state index contributed by atoms with van der Waals surface area (Å²) < 4.78 is 1.31. The van der Waals surface area contributed by atoms with Crippen molar-refractivity contribution >= 4 is 34.5 Å². The van der Waals surface area contributed by atoms with Crippen molar-refractivity contribution in [3.63, 3.8) is 0 Å². The summed E-state index contributed by atoms with van der Waals surface area (Å²) in [7, 11) is 0. The van der Waals surface area contributed by atoms with Gasteiger partial charge in [0.25, 0.3) is 0 Å². The summed E-state index contributed by atoms with van der Waals surface area (Å²) in [6.45, 7) is 0. The van der Waals surface area contributed by atoms with E-state index in [1.54, 1.807) is 12.4 Å². The smallest absolute Gasteiger partial charge is 0.107 e. The van der Waals surface area contributed by atoms with Gasteiger partial charge in [-0.3, -0.25) is 0 Å². The minimum Gasteiger partial charge on any atom is -0.349 e. The van der Waals surface area contributed by atoms with E-state index in [0.717, 1.165) is 11.4 Å². The first kappa shape index (κ1) is 11.0. The minimum atomic E-state index is -0.174. The molecule has 6 heteroatoms. The van der Waals surface area contributed by atoms with Crippen molar-refractivity contribution in [2.24, 2.45) is 5.73 Å². The Morgan fingerprint density at radius 1 is 1.53 bits per heavy atom. The Labute approximate surface area is 101 Å².